The molecule has 4 N–H and O–H groups in total. The predicted molar refractivity (Wildman–Crippen MR) is 97.0 cm³/mol. The van der Waals surface area contributed by atoms with Crippen LogP contribution in [0.1, 0.15) is 31.8 Å². The summed E-state index contributed by atoms with van der Waals surface area (Å²) in [6.45, 7) is 0. The highest BCUT2D eigenvalue weighted by Gasteiger charge is 2.15. The standard InChI is InChI=1S/C19H18F2N2O4/c1-26-18(24)12-8-14(20)10(6-16(12)22)4-3-5-11-7-17(23)13(9-15(11)21)19(25)27-2/h3-4,6-9H,5,22-23H2,1-2H3/b4-3+. The monoisotopic (exact) mass is 376 g/mol. The van der Waals surface area contributed by atoms with Crippen LogP contribution in [0.5, 0.6) is 0 Å². The molecule has 0 unspecified atom stereocenters. The Kier molecular flexibility index (Phi) is 6.12. The first-order valence-electron chi connectivity index (χ1n) is 7.78. The molecule has 8 heteroatoms. The number of carbonyl (C=O) groups is 2. The quantitative estimate of drug-likeness (QED) is 0.614. The fraction of sp³-hybridized carbons (Fsp3) is 0.158. The Morgan fingerprint density at radius 3 is 2.00 bits per heavy atom. The summed E-state index contributed by atoms with van der Waals surface area (Å²) in [5.41, 5.74) is 11.8. The highest BCUT2D eigenvalue weighted by atomic mass is 19.1. The van der Waals surface area contributed by atoms with Gasteiger partial charge in [0, 0.05) is 16.9 Å². The maximum Gasteiger partial charge on any atom is 0.340 e. The smallest absolute Gasteiger partial charge is 0.340 e. The molecule has 0 saturated heterocycles. The molecule has 0 aromatic heterocycles. The molecular formula is C19H18F2N2O4. The summed E-state index contributed by atoms with van der Waals surface area (Å²) in [4.78, 5) is 23.0. The van der Waals surface area contributed by atoms with Gasteiger partial charge in [0.25, 0.3) is 0 Å². The normalized spacial score (nSPS) is 10.8. The highest BCUT2D eigenvalue weighted by molar-refractivity contribution is 5.96. The summed E-state index contributed by atoms with van der Waals surface area (Å²) < 4.78 is 37.3. The maximum atomic E-state index is 14.1. The van der Waals surface area contributed by atoms with Crippen molar-refractivity contribution in [2.24, 2.45) is 0 Å². The van der Waals surface area contributed by atoms with Crippen molar-refractivity contribution in [3.63, 3.8) is 0 Å². The van der Waals surface area contributed by atoms with Crippen molar-refractivity contribution in [1.82, 2.24) is 0 Å². The number of carbonyl (C=O) groups excluding carboxylic acids is 2. The fourth-order valence-electron chi connectivity index (χ4n) is 2.42. The van der Waals surface area contributed by atoms with E-state index in [1.54, 1.807) is 0 Å². The third-order valence-corrected chi connectivity index (χ3v) is 3.83. The van der Waals surface area contributed by atoms with Crippen molar-refractivity contribution in [1.29, 1.82) is 0 Å². The zero-order valence-electron chi connectivity index (χ0n) is 14.7. The van der Waals surface area contributed by atoms with Crippen LogP contribution in [0.25, 0.3) is 6.08 Å². The largest absolute Gasteiger partial charge is 0.465 e. The average molecular weight is 376 g/mol. The number of halogens is 2. The van der Waals surface area contributed by atoms with E-state index >= 15 is 0 Å². The van der Waals surface area contributed by atoms with Crippen LogP contribution in [-0.4, -0.2) is 26.2 Å². The zero-order chi connectivity index (χ0) is 20.1. The van der Waals surface area contributed by atoms with Crippen molar-refractivity contribution in [2.45, 2.75) is 6.42 Å². The Hall–Kier alpha value is -3.42. The van der Waals surface area contributed by atoms with Crippen LogP contribution in [0.15, 0.2) is 30.3 Å². The molecule has 6 nitrogen and oxygen atoms in total. The first-order chi connectivity index (χ1) is 12.8. The molecule has 0 aliphatic heterocycles. The van der Waals surface area contributed by atoms with Gasteiger partial charge in [-0.1, -0.05) is 12.2 Å². The van der Waals surface area contributed by atoms with Gasteiger partial charge in [-0.05, 0) is 36.2 Å². The van der Waals surface area contributed by atoms with Crippen molar-refractivity contribution >= 4 is 29.4 Å². The van der Waals surface area contributed by atoms with Gasteiger partial charge in [-0.25, -0.2) is 18.4 Å². The van der Waals surface area contributed by atoms with Gasteiger partial charge in [-0.15, -0.1) is 0 Å². The van der Waals surface area contributed by atoms with Gasteiger partial charge in [0.05, 0.1) is 25.3 Å². The molecule has 142 valence electrons. The lowest BCUT2D eigenvalue weighted by molar-refractivity contribution is 0.0592. The summed E-state index contributed by atoms with van der Waals surface area (Å²) in [5, 5.41) is 0. The third kappa shape index (κ3) is 4.41. The van der Waals surface area contributed by atoms with Crippen molar-refractivity contribution < 1.29 is 27.8 Å². The highest BCUT2D eigenvalue weighted by Crippen LogP contribution is 2.22. The molecule has 0 atom stereocenters. The van der Waals surface area contributed by atoms with E-state index < -0.39 is 23.6 Å². The number of anilines is 2. The number of nitrogen functional groups attached to an aromatic ring is 2. The van der Waals surface area contributed by atoms with Crippen LogP contribution < -0.4 is 11.5 Å². The molecular weight excluding hydrogens is 358 g/mol. The lowest BCUT2D eigenvalue weighted by atomic mass is 10.0. The van der Waals surface area contributed by atoms with E-state index in [4.69, 9.17) is 11.5 Å². The number of esters is 2. The van der Waals surface area contributed by atoms with Gasteiger partial charge in [-0.2, -0.15) is 0 Å². The summed E-state index contributed by atoms with van der Waals surface area (Å²) in [6.07, 6.45) is 3.00. The van der Waals surface area contributed by atoms with Crippen molar-refractivity contribution in [2.75, 3.05) is 25.7 Å². The molecule has 0 amide bonds. The minimum absolute atomic E-state index is 0.0563. The van der Waals surface area contributed by atoms with E-state index in [0.717, 1.165) is 12.1 Å². The number of hydrogen-bond donors (Lipinski definition) is 2. The molecule has 0 bridgehead atoms. The number of hydrogen-bond acceptors (Lipinski definition) is 6. The van der Waals surface area contributed by atoms with Crippen LogP contribution >= 0.6 is 0 Å². The molecule has 0 aliphatic rings. The Balaban J connectivity index is 2.23. The Morgan fingerprint density at radius 2 is 1.44 bits per heavy atom. The van der Waals surface area contributed by atoms with E-state index in [1.165, 1.54) is 38.5 Å². The molecule has 2 aromatic carbocycles. The maximum absolute atomic E-state index is 14.1. The Labute approximate surface area is 154 Å². The minimum atomic E-state index is -0.745. The van der Waals surface area contributed by atoms with Crippen LogP contribution in [0.2, 0.25) is 0 Å². The van der Waals surface area contributed by atoms with Crippen LogP contribution in [-0.2, 0) is 15.9 Å². The molecule has 0 radical (unpaired) electrons. The van der Waals surface area contributed by atoms with E-state index in [1.807, 2.05) is 0 Å². The molecule has 27 heavy (non-hydrogen) atoms. The first-order valence-corrected chi connectivity index (χ1v) is 7.78. The molecule has 2 aromatic rings. The van der Waals surface area contributed by atoms with Crippen LogP contribution in [0.4, 0.5) is 20.2 Å². The number of benzene rings is 2. The van der Waals surface area contributed by atoms with E-state index in [2.05, 4.69) is 9.47 Å². The second-order valence-electron chi connectivity index (χ2n) is 5.58. The predicted octanol–water partition coefficient (Wildman–Crippen LogP) is 2.96. The van der Waals surface area contributed by atoms with Gasteiger partial charge < -0.3 is 20.9 Å². The van der Waals surface area contributed by atoms with Gasteiger partial charge in [0.15, 0.2) is 0 Å². The van der Waals surface area contributed by atoms with Gasteiger partial charge in [0.2, 0.25) is 0 Å². The second-order valence-corrected chi connectivity index (χ2v) is 5.58. The number of ether oxygens (including phenoxy) is 2. The first kappa shape index (κ1) is 19.9. The summed E-state index contributed by atoms with van der Waals surface area (Å²) >= 11 is 0. The van der Waals surface area contributed by atoms with Gasteiger partial charge >= 0.3 is 11.9 Å². The second kappa shape index (κ2) is 8.31. The summed E-state index contributed by atoms with van der Waals surface area (Å²) in [6, 6.07) is 4.57. The van der Waals surface area contributed by atoms with Gasteiger partial charge in [0.1, 0.15) is 11.6 Å². The minimum Gasteiger partial charge on any atom is -0.465 e. The molecule has 0 fully saturated rings. The van der Waals surface area contributed by atoms with E-state index in [0.29, 0.717) is 0 Å². The zero-order valence-corrected chi connectivity index (χ0v) is 14.7. The Morgan fingerprint density at radius 1 is 0.926 bits per heavy atom. The third-order valence-electron chi connectivity index (χ3n) is 3.83. The van der Waals surface area contributed by atoms with Crippen LogP contribution in [0, 0.1) is 11.6 Å². The van der Waals surface area contributed by atoms with E-state index in [-0.39, 0.29) is 40.0 Å². The molecule has 2 rings (SSSR count). The van der Waals surface area contributed by atoms with Gasteiger partial charge in [-0.3, -0.25) is 0 Å². The van der Waals surface area contributed by atoms with E-state index in [9.17, 15) is 18.4 Å². The molecule has 0 saturated carbocycles. The summed E-state index contributed by atoms with van der Waals surface area (Å²) in [7, 11) is 2.33. The van der Waals surface area contributed by atoms with Crippen LogP contribution in [0.3, 0.4) is 0 Å². The number of rotatable bonds is 5. The Bertz CT molecular complexity index is 926. The van der Waals surface area contributed by atoms with Crippen molar-refractivity contribution in [3.05, 3.63) is 64.2 Å². The molecule has 0 heterocycles. The summed E-state index contributed by atoms with van der Waals surface area (Å²) in [5.74, 6) is -2.81. The molecule has 0 aliphatic carbocycles. The number of nitrogens with two attached hydrogens (primary N) is 2. The average Bonchev–Trinajstić information content (AvgIpc) is 2.65. The topological polar surface area (TPSA) is 105 Å². The molecule has 0 spiro atoms. The van der Waals surface area contributed by atoms with Crippen molar-refractivity contribution in [3.8, 4) is 0 Å². The SMILES string of the molecule is COC(=O)c1cc(F)c(/C=C/Cc2cc(N)c(C(=O)OC)cc2F)cc1N. The number of allylic oxidation sites excluding steroid dienone is 1. The fourth-order valence-corrected chi connectivity index (χ4v) is 2.42. The lowest BCUT2D eigenvalue weighted by Gasteiger charge is -2.08. The lowest BCUT2D eigenvalue weighted by Crippen LogP contribution is -2.07. The number of methoxy groups -OCH3 is 2.